The zero-order valence-electron chi connectivity index (χ0n) is 13.7. The SMILES string of the molecule is CC1(C2CC2)NC(=O)N(CC(=O)NCCc2ccc(N)cc2)C1=O. The molecule has 2 aliphatic rings. The fourth-order valence-corrected chi connectivity index (χ4v) is 3.03. The highest BCUT2D eigenvalue weighted by molar-refractivity contribution is 6.09. The molecular formula is C17H22N4O3. The lowest BCUT2D eigenvalue weighted by molar-refractivity contribution is -0.135. The minimum absolute atomic E-state index is 0.188. The molecule has 7 heteroatoms. The molecule has 24 heavy (non-hydrogen) atoms. The Kier molecular flexibility index (Phi) is 4.17. The minimum atomic E-state index is -0.846. The average molecular weight is 330 g/mol. The first kappa shape index (κ1) is 16.3. The van der Waals surface area contributed by atoms with E-state index in [1.54, 1.807) is 6.92 Å². The zero-order chi connectivity index (χ0) is 17.3. The summed E-state index contributed by atoms with van der Waals surface area (Å²) < 4.78 is 0. The van der Waals surface area contributed by atoms with E-state index in [2.05, 4.69) is 10.6 Å². The quantitative estimate of drug-likeness (QED) is 0.526. The van der Waals surface area contributed by atoms with Gasteiger partial charge in [0.05, 0.1) is 0 Å². The maximum Gasteiger partial charge on any atom is 0.325 e. The number of nitrogens with one attached hydrogen (secondary N) is 2. The summed E-state index contributed by atoms with van der Waals surface area (Å²) in [4.78, 5) is 37.5. The second-order valence-corrected chi connectivity index (χ2v) is 6.64. The highest BCUT2D eigenvalue weighted by atomic mass is 16.2. The number of urea groups is 1. The fourth-order valence-electron chi connectivity index (χ4n) is 3.03. The van der Waals surface area contributed by atoms with E-state index < -0.39 is 11.6 Å². The van der Waals surface area contributed by atoms with Gasteiger partial charge in [0.1, 0.15) is 12.1 Å². The molecule has 1 saturated carbocycles. The van der Waals surface area contributed by atoms with Crippen LogP contribution in [0.1, 0.15) is 25.3 Å². The topological polar surface area (TPSA) is 105 Å². The summed E-state index contributed by atoms with van der Waals surface area (Å²) in [6, 6.07) is 6.94. The number of carbonyl (C=O) groups excluding carboxylic acids is 3. The van der Waals surface area contributed by atoms with Gasteiger partial charge >= 0.3 is 6.03 Å². The normalized spacial score (nSPS) is 23.3. The molecule has 0 bridgehead atoms. The van der Waals surface area contributed by atoms with Gasteiger partial charge in [-0.2, -0.15) is 0 Å². The molecule has 4 N–H and O–H groups in total. The summed E-state index contributed by atoms with van der Waals surface area (Å²) in [5, 5.41) is 5.47. The molecule has 0 aromatic heterocycles. The van der Waals surface area contributed by atoms with Gasteiger partial charge in [-0.15, -0.1) is 0 Å². The summed E-state index contributed by atoms with van der Waals surface area (Å²) in [5.41, 5.74) is 6.53. The van der Waals surface area contributed by atoms with E-state index in [1.807, 2.05) is 24.3 Å². The first-order chi connectivity index (χ1) is 11.4. The predicted octanol–water partition coefficient (Wildman–Crippen LogP) is 0.648. The Labute approximate surface area is 140 Å². The number of rotatable bonds is 6. The van der Waals surface area contributed by atoms with Gasteiger partial charge in [-0.3, -0.25) is 14.5 Å². The van der Waals surface area contributed by atoms with Gasteiger partial charge in [-0.05, 0) is 49.8 Å². The highest BCUT2D eigenvalue weighted by Gasteiger charge is 2.56. The van der Waals surface area contributed by atoms with Crippen molar-refractivity contribution in [2.45, 2.75) is 31.7 Å². The lowest BCUT2D eigenvalue weighted by atomic mass is 9.96. The number of carbonyl (C=O) groups is 3. The summed E-state index contributed by atoms with van der Waals surface area (Å²) in [7, 11) is 0. The van der Waals surface area contributed by atoms with E-state index in [0.717, 1.165) is 23.3 Å². The molecule has 3 rings (SSSR count). The molecule has 1 aromatic rings. The van der Waals surface area contributed by atoms with Crippen molar-refractivity contribution in [2.24, 2.45) is 5.92 Å². The van der Waals surface area contributed by atoms with E-state index in [-0.39, 0.29) is 24.3 Å². The van der Waals surface area contributed by atoms with Crippen LogP contribution >= 0.6 is 0 Å². The summed E-state index contributed by atoms with van der Waals surface area (Å²) in [6.45, 7) is 1.94. The molecule has 1 atom stereocenters. The fraction of sp³-hybridized carbons (Fsp3) is 0.471. The van der Waals surface area contributed by atoms with Crippen LogP contribution < -0.4 is 16.4 Å². The molecule has 1 aliphatic carbocycles. The average Bonchev–Trinajstić information content (AvgIpc) is 3.36. The Morgan fingerprint density at radius 3 is 2.62 bits per heavy atom. The van der Waals surface area contributed by atoms with Gasteiger partial charge in [-0.1, -0.05) is 12.1 Å². The zero-order valence-corrected chi connectivity index (χ0v) is 13.7. The van der Waals surface area contributed by atoms with Crippen LogP contribution in [0.3, 0.4) is 0 Å². The number of hydrogen-bond acceptors (Lipinski definition) is 4. The van der Waals surface area contributed by atoms with Gasteiger partial charge in [0.15, 0.2) is 0 Å². The highest BCUT2D eigenvalue weighted by Crippen LogP contribution is 2.42. The van der Waals surface area contributed by atoms with Crippen LogP contribution in [0.2, 0.25) is 0 Å². The molecule has 0 spiro atoms. The van der Waals surface area contributed by atoms with E-state index >= 15 is 0 Å². The summed E-state index contributed by atoms with van der Waals surface area (Å²) in [6.07, 6.45) is 2.53. The Morgan fingerprint density at radius 1 is 1.33 bits per heavy atom. The number of hydrogen-bond donors (Lipinski definition) is 3. The van der Waals surface area contributed by atoms with Crippen molar-refractivity contribution >= 4 is 23.5 Å². The van der Waals surface area contributed by atoms with Crippen molar-refractivity contribution in [3.05, 3.63) is 29.8 Å². The Bertz CT molecular complexity index is 669. The van der Waals surface area contributed by atoms with Crippen LogP contribution in [-0.4, -0.2) is 41.4 Å². The largest absolute Gasteiger partial charge is 0.399 e. The smallest absolute Gasteiger partial charge is 0.325 e. The minimum Gasteiger partial charge on any atom is -0.399 e. The third-order valence-corrected chi connectivity index (χ3v) is 4.71. The number of benzene rings is 1. The van der Waals surface area contributed by atoms with Gasteiger partial charge < -0.3 is 16.4 Å². The van der Waals surface area contributed by atoms with Crippen LogP contribution in [0.4, 0.5) is 10.5 Å². The van der Waals surface area contributed by atoms with Crippen LogP contribution in [0.15, 0.2) is 24.3 Å². The second-order valence-electron chi connectivity index (χ2n) is 6.64. The Balaban J connectivity index is 1.49. The van der Waals surface area contributed by atoms with Crippen LogP contribution in [0.5, 0.6) is 0 Å². The van der Waals surface area contributed by atoms with Crippen molar-refractivity contribution in [3.63, 3.8) is 0 Å². The lowest BCUT2D eigenvalue weighted by Gasteiger charge is -2.20. The predicted molar refractivity (Wildman–Crippen MR) is 88.9 cm³/mol. The van der Waals surface area contributed by atoms with Crippen molar-refractivity contribution in [3.8, 4) is 0 Å². The van der Waals surface area contributed by atoms with Crippen LogP contribution in [0, 0.1) is 5.92 Å². The van der Waals surface area contributed by atoms with Gasteiger partial charge in [0.2, 0.25) is 5.91 Å². The summed E-state index contributed by atoms with van der Waals surface area (Å²) in [5.74, 6) is -0.454. The molecule has 1 aliphatic heterocycles. The van der Waals surface area contributed by atoms with Gasteiger partial charge in [0, 0.05) is 12.2 Å². The van der Waals surface area contributed by atoms with Gasteiger partial charge in [-0.25, -0.2) is 4.79 Å². The first-order valence-corrected chi connectivity index (χ1v) is 8.15. The molecule has 1 aromatic carbocycles. The van der Waals surface area contributed by atoms with Crippen molar-refractivity contribution in [1.82, 2.24) is 15.5 Å². The third-order valence-electron chi connectivity index (χ3n) is 4.71. The molecular weight excluding hydrogens is 308 g/mol. The third kappa shape index (κ3) is 3.20. The second kappa shape index (κ2) is 6.14. The van der Waals surface area contributed by atoms with E-state index in [4.69, 9.17) is 5.73 Å². The number of nitrogens with zero attached hydrogens (tertiary/aromatic N) is 1. The first-order valence-electron chi connectivity index (χ1n) is 8.15. The monoisotopic (exact) mass is 330 g/mol. The Hall–Kier alpha value is -2.57. The number of imide groups is 1. The molecule has 1 unspecified atom stereocenters. The maximum absolute atomic E-state index is 12.4. The molecule has 1 heterocycles. The summed E-state index contributed by atoms with van der Waals surface area (Å²) >= 11 is 0. The van der Waals surface area contributed by atoms with Gasteiger partial charge in [0.25, 0.3) is 5.91 Å². The molecule has 0 radical (unpaired) electrons. The lowest BCUT2D eigenvalue weighted by Crippen LogP contribution is -2.47. The molecule has 1 saturated heterocycles. The van der Waals surface area contributed by atoms with Crippen molar-refractivity contribution in [1.29, 1.82) is 0 Å². The number of nitrogens with two attached hydrogens (primary N) is 1. The number of amides is 4. The van der Waals surface area contributed by atoms with E-state index in [9.17, 15) is 14.4 Å². The van der Waals surface area contributed by atoms with Crippen LogP contribution in [0.25, 0.3) is 0 Å². The standard InChI is InChI=1S/C17H22N4O3/c1-17(12-4-5-12)15(23)21(16(24)20-17)10-14(22)19-9-8-11-2-6-13(18)7-3-11/h2-3,6-7,12H,4-5,8-10,18H2,1H3,(H,19,22)(H,20,24). The Morgan fingerprint density at radius 2 is 2.00 bits per heavy atom. The van der Waals surface area contributed by atoms with Crippen molar-refractivity contribution in [2.75, 3.05) is 18.8 Å². The maximum atomic E-state index is 12.4. The molecule has 2 fully saturated rings. The van der Waals surface area contributed by atoms with Crippen LogP contribution in [-0.2, 0) is 16.0 Å². The van der Waals surface area contributed by atoms with E-state index in [0.29, 0.717) is 18.7 Å². The number of nitrogen functional groups attached to an aromatic ring is 1. The number of anilines is 1. The van der Waals surface area contributed by atoms with Crippen molar-refractivity contribution < 1.29 is 14.4 Å². The van der Waals surface area contributed by atoms with E-state index in [1.165, 1.54) is 0 Å². The molecule has 4 amide bonds. The molecule has 7 nitrogen and oxygen atoms in total. The molecule has 128 valence electrons.